The Hall–Kier alpha value is -1.01. The first-order valence-corrected chi connectivity index (χ1v) is 5.92. The zero-order chi connectivity index (χ0) is 12.8. The van der Waals surface area contributed by atoms with Crippen molar-refractivity contribution in [3.8, 4) is 5.88 Å². The number of fused-ring (bicyclic) bond motifs is 1. The Morgan fingerprint density at radius 1 is 1.32 bits per heavy atom. The lowest BCUT2D eigenvalue weighted by atomic mass is 10.2. The Balaban J connectivity index is 0.00000133. The molecule has 3 rings (SSSR count). The van der Waals surface area contributed by atoms with E-state index in [1.54, 1.807) is 0 Å². The number of pyridine rings is 1. The highest BCUT2D eigenvalue weighted by Gasteiger charge is 2.53. The van der Waals surface area contributed by atoms with Crippen LogP contribution in [0.4, 0.5) is 13.2 Å². The van der Waals surface area contributed by atoms with Gasteiger partial charge in [0.05, 0.1) is 12.2 Å². The number of aromatic nitrogens is 1. The zero-order valence-corrected chi connectivity index (χ0v) is 10.8. The summed E-state index contributed by atoms with van der Waals surface area (Å²) in [7, 11) is 0. The molecule has 0 unspecified atom stereocenters. The van der Waals surface area contributed by atoms with Gasteiger partial charge in [-0.1, -0.05) is 0 Å². The third kappa shape index (κ3) is 2.95. The molecule has 2 aliphatic rings. The Kier molecular flexibility index (Phi) is 3.92. The highest BCUT2D eigenvalue weighted by molar-refractivity contribution is 5.85. The summed E-state index contributed by atoms with van der Waals surface area (Å²) in [5.74, 6) is 1.80. The van der Waals surface area contributed by atoms with Crippen LogP contribution in [0.25, 0.3) is 0 Å². The van der Waals surface area contributed by atoms with Gasteiger partial charge in [-0.2, -0.15) is 13.2 Å². The van der Waals surface area contributed by atoms with E-state index in [0.717, 1.165) is 31.4 Å². The predicted octanol–water partition coefficient (Wildman–Crippen LogP) is 2.37. The number of hydrogen-bond acceptors (Lipinski definition) is 3. The Morgan fingerprint density at radius 3 is 2.63 bits per heavy atom. The second-order valence-electron chi connectivity index (χ2n) is 4.84. The van der Waals surface area contributed by atoms with E-state index in [2.05, 4.69) is 10.3 Å². The molecule has 1 saturated carbocycles. The molecule has 1 N–H and O–H groups in total. The van der Waals surface area contributed by atoms with Crippen molar-refractivity contribution in [1.82, 2.24) is 10.3 Å². The largest absolute Gasteiger partial charge is 0.477 e. The molecule has 1 aliphatic carbocycles. The second kappa shape index (κ2) is 5.17. The van der Waals surface area contributed by atoms with E-state index < -0.39 is 11.7 Å². The fraction of sp³-hybridized carbons (Fsp3) is 0.583. The molecule has 2 fully saturated rings. The molecule has 0 spiro atoms. The van der Waals surface area contributed by atoms with Crippen molar-refractivity contribution in [2.75, 3.05) is 19.7 Å². The van der Waals surface area contributed by atoms with Crippen molar-refractivity contribution >= 4 is 12.4 Å². The molecular weight excluding hydrogens is 281 g/mol. The van der Waals surface area contributed by atoms with E-state index in [9.17, 15) is 13.2 Å². The molecule has 1 aliphatic heterocycles. The van der Waals surface area contributed by atoms with Crippen LogP contribution < -0.4 is 10.1 Å². The van der Waals surface area contributed by atoms with Gasteiger partial charge in [-0.3, -0.25) is 0 Å². The van der Waals surface area contributed by atoms with Crippen LogP contribution in [0.5, 0.6) is 5.88 Å². The third-order valence-corrected chi connectivity index (χ3v) is 3.75. The SMILES string of the molecule is Cl.FC(F)(F)c1ccnc(OC[C@H]2[C@@H]3CNC[C@@H]32)c1. The minimum absolute atomic E-state index is 0. The van der Waals surface area contributed by atoms with Gasteiger partial charge in [0.1, 0.15) is 0 Å². The van der Waals surface area contributed by atoms with Gasteiger partial charge < -0.3 is 10.1 Å². The zero-order valence-electron chi connectivity index (χ0n) is 9.98. The van der Waals surface area contributed by atoms with Crippen molar-refractivity contribution in [3.05, 3.63) is 23.9 Å². The van der Waals surface area contributed by atoms with E-state index in [1.165, 1.54) is 0 Å². The minimum Gasteiger partial charge on any atom is -0.477 e. The molecule has 2 heterocycles. The van der Waals surface area contributed by atoms with Gasteiger partial charge in [-0.15, -0.1) is 12.4 Å². The number of piperidine rings is 1. The molecule has 7 heteroatoms. The first-order valence-electron chi connectivity index (χ1n) is 5.92. The molecular formula is C12H14ClF3N2O. The molecule has 0 radical (unpaired) electrons. The molecule has 0 bridgehead atoms. The van der Waals surface area contributed by atoms with Crippen LogP contribution in [-0.2, 0) is 6.18 Å². The summed E-state index contributed by atoms with van der Waals surface area (Å²) in [6, 6.07) is 1.90. The van der Waals surface area contributed by atoms with Crippen LogP contribution in [0.3, 0.4) is 0 Å². The van der Waals surface area contributed by atoms with E-state index in [4.69, 9.17) is 4.74 Å². The lowest BCUT2D eigenvalue weighted by Crippen LogP contribution is -2.18. The Bertz CT molecular complexity index is 445. The van der Waals surface area contributed by atoms with E-state index >= 15 is 0 Å². The van der Waals surface area contributed by atoms with Crippen LogP contribution in [0, 0.1) is 17.8 Å². The van der Waals surface area contributed by atoms with Gasteiger partial charge in [0, 0.05) is 18.2 Å². The fourth-order valence-electron chi connectivity index (χ4n) is 2.64. The van der Waals surface area contributed by atoms with Crippen molar-refractivity contribution < 1.29 is 17.9 Å². The first-order chi connectivity index (χ1) is 8.55. The van der Waals surface area contributed by atoms with Gasteiger partial charge in [-0.25, -0.2) is 4.98 Å². The van der Waals surface area contributed by atoms with Gasteiger partial charge in [0.15, 0.2) is 0 Å². The van der Waals surface area contributed by atoms with Gasteiger partial charge in [-0.05, 0) is 31.0 Å². The summed E-state index contributed by atoms with van der Waals surface area (Å²) in [6.45, 7) is 2.45. The summed E-state index contributed by atoms with van der Waals surface area (Å²) in [5, 5.41) is 3.26. The maximum absolute atomic E-state index is 12.5. The average Bonchev–Trinajstić information content (AvgIpc) is 2.77. The molecule has 106 valence electrons. The number of rotatable bonds is 3. The van der Waals surface area contributed by atoms with Gasteiger partial charge in [0.2, 0.25) is 5.88 Å². The second-order valence-corrected chi connectivity index (χ2v) is 4.84. The molecule has 1 aromatic rings. The van der Waals surface area contributed by atoms with Crippen molar-refractivity contribution in [2.24, 2.45) is 17.8 Å². The molecule has 3 atom stereocenters. The fourth-order valence-corrected chi connectivity index (χ4v) is 2.64. The van der Waals surface area contributed by atoms with E-state index in [-0.39, 0.29) is 18.3 Å². The highest BCUT2D eigenvalue weighted by atomic mass is 35.5. The molecule has 3 nitrogen and oxygen atoms in total. The summed E-state index contributed by atoms with van der Waals surface area (Å²) in [4.78, 5) is 3.81. The monoisotopic (exact) mass is 294 g/mol. The number of hydrogen-bond donors (Lipinski definition) is 1. The summed E-state index contributed by atoms with van der Waals surface area (Å²) in [6.07, 6.45) is -3.21. The Morgan fingerprint density at radius 2 is 2.00 bits per heavy atom. The summed E-state index contributed by atoms with van der Waals surface area (Å²) >= 11 is 0. The summed E-state index contributed by atoms with van der Waals surface area (Å²) < 4.78 is 42.8. The van der Waals surface area contributed by atoms with Crippen LogP contribution in [0.2, 0.25) is 0 Å². The predicted molar refractivity (Wildman–Crippen MR) is 65.3 cm³/mol. The number of halogens is 4. The lowest BCUT2D eigenvalue weighted by Gasteiger charge is -2.10. The van der Waals surface area contributed by atoms with Crippen LogP contribution >= 0.6 is 12.4 Å². The molecule has 19 heavy (non-hydrogen) atoms. The maximum atomic E-state index is 12.5. The maximum Gasteiger partial charge on any atom is 0.416 e. The van der Waals surface area contributed by atoms with Crippen molar-refractivity contribution in [3.63, 3.8) is 0 Å². The van der Waals surface area contributed by atoms with Crippen molar-refractivity contribution in [2.45, 2.75) is 6.18 Å². The van der Waals surface area contributed by atoms with Gasteiger partial charge in [0.25, 0.3) is 0 Å². The molecule has 1 aromatic heterocycles. The standard InChI is InChI=1S/C12H13F3N2O.ClH/c13-12(14,15)7-1-2-17-11(3-7)18-6-10-8-4-16-5-9(8)10;/h1-3,8-10,16H,4-6H2;1H/t8-,9+,10+;. The van der Waals surface area contributed by atoms with Crippen molar-refractivity contribution in [1.29, 1.82) is 0 Å². The van der Waals surface area contributed by atoms with Crippen LogP contribution in [-0.4, -0.2) is 24.7 Å². The number of nitrogens with one attached hydrogen (secondary N) is 1. The smallest absolute Gasteiger partial charge is 0.416 e. The van der Waals surface area contributed by atoms with Crippen LogP contribution in [0.15, 0.2) is 18.3 Å². The third-order valence-electron chi connectivity index (χ3n) is 3.75. The number of ether oxygens (including phenoxy) is 1. The molecule has 0 aromatic carbocycles. The minimum atomic E-state index is -4.35. The molecule has 0 amide bonds. The number of alkyl halides is 3. The number of nitrogens with zero attached hydrogens (tertiary/aromatic N) is 1. The first kappa shape index (κ1) is 14.4. The normalized spacial score (nSPS) is 28.5. The quantitative estimate of drug-likeness (QED) is 0.929. The van der Waals surface area contributed by atoms with Crippen LogP contribution in [0.1, 0.15) is 5.56 Å². The molecule has 1 saturated heterocycles. The highest BCUT2D eigenvalue weighted by Crippen LogP contribution is 2.48. The van der Waals surface area contributed by atoms with E-state index in [0.29, 0.717) is 24.4 Å². The van der Waals surface area contributed by atoms with Gasteiger partial charge >= 0.3 is 6.18 Å². The average molecular weight is 295 g/mol. The lowest BCUT2D eigenvalue weighted by molar-refractivity contribution is -0.137. The Labute approximate surface area is 115 Å². The summed E-state index contributed by atoms with van der Waals surface area (Å²) in [5.41, 5.74) is -0.717. The van der Waals surface area contributed by atoms with E-state index in [1.807, 2.05) is 0 Å². The topological polar surface area (TPSA) is 34.1 Å².